The maximum absolute atomic E-state index is 14.6. The van der Waals surface area contributed by atoms with Gasteiger partial charge in [0.05, 0.1) is 10.6 Å². The van der Waals surface area contributed by atoms with Crippen molar-refractivity contribution in [3.05, 3.63) is 129 Å². The molecule has 4 aromatic carbocycles. The zero-order valence-corrected chi connectivity index (χ0v) is 29.4. The summed E-state index contributed by atoms with van der Waals surface area (Å²) in [5.41, 5.74) is 4.71. The molecule has 1 N–H and O–H groups in total. The number of nitrogens with one attached hydrogen (secondary N) is 1. The van der Waals surface area contributed by atoms with Gasteiger partial charge in [0.15, 0.2) is 0 Å². The monoisotopic (exact) mass is 703 g/mol. The molecule has 0 aliphatic carbocycles. The number of rotatable bonds is 13. The van der Waals surface area contributed by atoms with Crippen molar-refractivity contribution in [1.29, 1.82) is 0 Å². The van der Waals surface area contributed by atoms with Crippen molar-refractivity contribution in [3.63, 3.8) is 0 Å². The van der Waals surface area contributed by atoms with Gasteiger partial charge in [0, 0.05) is 23.5 Å². The lowest BCUT2D eigenvalue weighted by atomic mass is 10.0. The Labute approximate surface area is 281 Å². The molecular formula is C37H42BrN3O4S. The Morgan fingerprint density at radius 3 is 2.11 bits per heavy atom. The molecule has 0 spiro atoms. The smallest absolute Gasteiger partial charge is 0.264 e. The second-order valence-corrected chi connectivity index (χ2v) is 14.6. The first-order chi connectivity index (χ1) is 21.9. The highest BCUT2D eigenvalue weighted by atomic mass is 79.9. The van der Waals surface area contributed by atoms with E-state index in [0.29, 0.717) is 5.69 Å². The van der Waals surface area contributed by atoms with Crippen LogP contribution in [0.2, 0.25) is 0 Å². The van der Waals surface area contributed by atoms with Crippen LogP contribution in [-0.4, -0.2) is 43.8 Å². The van der Waals surface area contributed by atoms with Gasteiger partial charge in [0.1, 0.15) is 12.6 Å². The Bertz CT molecular complexity index is 1760. The molecule has 2 unspecified atom stereocenters. The highest BCUT2D eigenvalue weighted by Crippen LogP contribution is 2.29. The fourth-order valence-electron chi connectivity index (χ4n) is 5.26. The number of aryl methyl sites for hydroxylation is 3. The third kappa shape index (κ3) is 8.85. The number of nitrogens with zero attached hydrogens (tertiary/aromatic N) is 2. The Balaban J connectivity index is 1.83. The minimum absolute atomic E-state index is 0.0831. The fourth-order valence-corrected chi connectivity index (χ4v) is 7.19. The number of carbonyl (C=O) groups excluding carboxylic acids is 2. The number of halogens is 1. The standard InChI is InChI=1S/C37H42BrN3O4S/c1-6-29(5)39-37(43)35(23-30-11-8-7-9-12-30)40(24-31-13-10-14-32(38)22-31)36(42)25-41(34-20-17-27(3)21-28(34)4)46(44,45)33-18-15-26(2)16-19-33/h7-22,29,35H,6,23-25H2,1-5H3,(H,39,43). The summed E-state index contributed by atoms with van der Waals surface area (Å²) < 4.78 is 30.6. The van der Waals surface area contributed by atoms with E-state index in [4.69, 9.17) is 0 Å². The number of hydrogen-bond acceptors (Lipinski definition) is 4. The van der Waals surface area contributed by atoms with E-state index in [2.05, 4.69) is 21.2 Å². The average Bonchev–Trinajstić information content (AvgIpc) is 3.02. The summed E-state index contributed by atoms with van der Waals surface area (Å²) in [7, 11) is -4.16. The Kier molecular flexibility index (Phi) is 11.8. The summed E-state index contributed by atoms with van der Waals surface area (Å²) in [4.78, 5) is 30.2. The minimum atomic E-state index is -4.16. The molecule has 2 amide bonds. The van der Waals surface area contributed by atoms with Crippen molar-refractivity contribution in [2.24, 2.45) is 0 Å². The highest BCUT2D eigenvalue weighted by molar-refractivity contribution is 9.10. The molecule has 0 saturated carbocycles. The van der Waals surface area contributed by atoms with Crippen LogP contribution in [-0.2, 0) is 32.6 Å². The summed E-state index contributed by atoms with van der Waals surface area (Å²) in [6.07, 6.45) is 0.982. The molecule has 46 heavy (non-hydrogen) atoms. The van der Waals surface area contributed by atoms with E-state index in [9.17, 15) is 18.0 Å². The van der Waals surface area contributed by atoms with Crippen molar-refractivity contribution >= 4 is 43.5 Å². The lowest BCUT2D eigenvalue weighted by molar-refractivity contribution is -0.140. The lowest BCUT2D eigenvalue weighted by Crippen LogP contribution is -2.54. The van der Waals surface area contributed by atoms with Crippen LogP contribution >= 0.6 is 15.9 Å². The molecule has 0 heterocycles. The largest absolute Gasteiger partial charge is 0.352 e. The summed E-state index contributed by atoms with van der Waals surface area (Å²) in [6, 6.07) is 28.2. The van der Waals surface area contributed by atoms with Gasteiger partial charge < -0.3 is 10.2 Å². The number of benzene rings is 4. The Hall–Kier alpha value is -3.95. The zero-order valence-electron chi connectivity index (χ0n) is 27.0. The summed E-state index contributed by atoms with van der Waals surface area (Å²) >= 11 is 3.52. The molecule has 7 nitrogen and oxygen atoms in total. The molecule has 0 radical (unpaired) electrons. The normalized spacial score (nSPS) is 12.7. The fraction of sp³-hybridized carbons (Fsp3) is 0.297. The number of anilines is 1. The zero-order chi connectivity index (χ0) is 33.4. The SMILES string of the molecule is CCC(C)NC(=O)C(Cc1ccccc1)N(Cc1cccc(Br)c1)C(=O)CN(c1ccc(C)cc1C)S(=O)(=O)c1ccc(C)cc1. The van der Waals surface area contributed by atoms with Crippen LogP contribution < -0.4 is 9.62 Å². The molecular weight excluding hydrogens is 662 g/mol. The first-order valence-corrected chi connectivity index (χ1v) is 17.7. The van der Waals surface area contributed by atoms with Gasteiger partial charge in [-0.3, -0.25) is 13.9 Å². The molecule has 0 aromatic heterocycles. The molecule has 0 saturated heterocycles. The highest BCUT2D eigenvalue weighted by Gasteiger charge is 2.35. The van der Waals surface area contributed by atoms with Crippen molar-refractivity contribution in [2.75, 3.05) is 10.8 Å². The van der Waals surface area contributed by atoms with Crippen molar-refractivity contribution in [2.45, 2.75) is 71.0 Å². The molecule has 0 aliphatic heterocycles. The van der Waals surface area contributed by atoms with Gasteiger partial charge in [-0.2, -0.15) is 0 Å². The molecule has 0 aliphatic rings. The van der Waals surface area contributed by atoms with Crippen LogP contribution in [0.1, 0.15) is 48.1 Å². The van der Waals surface area contributed by atoms with Crippen LogP contribution in [0.25, 0.3) is 0 Å². The van der Waals surface area contributed by atoms with E-state index >= 15 is 0 Å². The second kappa shape index (κ2) is 15.6. The van der Waals surface area contributed by atoms with E-state index in [1.54, 1.807) is 30.3 Å². The molecule has 0 bridgehead atoms. The molecule has 4 aromatic rings. The van der Waals surface area contributed by atoms with Crippen LogP contribution in [0.3, 0.4) is 0 Å². The summed E-state index contributed by atoms with van der Waals surface area (Å²) in [6.45, 7) is 9.18. The molecule has 4 rings (SSSR count). The van der Waals surface area contributed by atoms with E-state index < -0.39 is 28.5 Å². The lowest BCUT2D eigenvalue weighted by Gasteiger charge is -2.34. The average molecular weight is 705 g/mol. The number of sulfonamides is 1. The van der Waals surface area contributed by atoms with E-state index in [-0.39, 0.29) is 29.8 Å². The molecule has 242 valence electrons. The van der Waals surface area contributed by atoms with E-state index in [1.807, 2.05) is 101 Å². The van der Waals surface area contributed by atoms with Crippen molar-refractivity contribution in [3.8, 4) is 0 Å². The molecule has 0 fully saturated rings. The van der Waals surface area contributed by atoms with E-state index in [1.165, 1.54) is 9.21 Å². The Morgan fingerprint density at radius 2 is 1.48 bits per heavy atom. The maximum atomic E-state index is 14.6. The number of hydrogen-bond donors (Lipinski definition) is 1. The quantitative estimate of drug-likeness (QED) is 0.161. The van der Waals surface area contributed by atoms with Gasteiger partial charge in [-0.05, 0) is 81.1 Å². The van der Waals surface area contributed by atoms with Crippen molar-refractivity contribution in [1.82, 2.24) is 10.2 Å². The van der Waals surface area contributed by atoms with Crippen LogP contribution in [0, 0.1) is 20.8 Å². The second-order valence-electron chi connectivity index (χ2n) is 11.8. The van der Waals surface area contributed by atoms with Crippen LogP contribution in [0.15, 0.2) is 106 Å². The topological polar surface area (TPSA) is 86.8 Å². The number of carbonyl (C=O) groups is 2. The number of amides is 2. The first kappa shape index (κ1) is 34.9. The van der Waals surface area contributed by atoms with Gasteiger partial charge in [-0.15, -0.1) is 0 Å². The van der Waals surface area contributed by atoms with Gasteiger partial charge >= 0.3 is 0 Å². The molecule has 9 heteroatoms. The van der Waals surface area contributed by atoms with Crippen LogP contribution in [0.4, 0.5) is 5.69 Å². The predicted molar refractivity (Wildman–Crippen MR) is 188 cm³/mol. The third-order valence-corrected chi connectivity index (χ3v) is 10.3. The van der Waals surface area contributed by atoms with Crippen molar-refractivity contribution < 1.29 is 18.0 Å². The van der Waals surface area contributed by atoms with Gasteiger partial charge in [0.2, 0.25) is 11.8 Å². The van der Waals surface area contributed by atoms with Gasteiger partial charge in [-0.25, -0.2) is 8.42 Å². The third-order valence-electron chi connectivity index (χ3n) is 8.02. The predicted octanol–water partition coefficient (Wildman–Crippen LogP) is 7.12. The summed E-state index contributed by atoms with van der Waals surface area (Å²) in [5.74, 6) is -0.781. The molecule has 2 atom stereocenters. The Morgan fingerprint density at radius 1 is 0.826 bits per heavy atom. The van der Waals surface area contributed by atoms with E-state index in [0.717, 1.165) is 38.7 Å². The van der Waals surface area contributed by atoms with Gasteiger partial charge in [0.25, 0.3) is 10.0 Å². The minimum Gasteiger partial charge on any atom is -0.352 e. The van der Waals surface area contributed by atoms with Gasteiger partial charge in [-0.1, -0.05) is 101 Å². The summed E-state index contributed by atoms with van der Waals surface area (Å²) in [5, 5.41) is 3.07. The first-order valence-electron chi connectivity index (χ1n) is 15.4. The maximum Gasteiger partial charge on any atom is 0.264 e. The van der Waals surface area contributed by atoms with Crippen LogP contribution in [0.5, 0.6) is 0 Å².